The number of fused-ring (bicyclic) bond motifs is 3. The third-order valence-corrected chi connectivity index (χ3v) is 4.08. The first-order valence-corrected chi connectivity index (χ1v) is 7.75. The quantitative estimate of drug-likeness (QED) is 0.236. The number of oxime groups is 1. The first-order valence-electron chi connectivity index (χ1n) is 7.75. The van der Waals surface area contributed by atoms with Crippen LogP contribution in [0.5, 0.6) is 0 Å². The van der Waals surface area contributed by atoms with Crippen LogP contribution in [-0.4, -0.2) is 38.3 Å². The van der Waals surface area contributed by atoms with E-state index in [0.717, 1.165) is 12.1 Å². The molecule has 15 heteroatoms. The minimum atomic E-state index is -0.976. The molecular formula is C15H7N5O10. The van der Waals surface area contributed by atoms with Crippen molar-refractivity contribution in [3.8, 4) is 11.1 Å². The Labute approximate surface area is 163 Å². The van der Waals surface area contributed by atoms with E-state index in [2.05, 4.69) is 5.16 Å². The van der Waals surface area contributed by atoms with Crippen LogP contribution < -0.4 is 0 Å². The summed E-state index contributed by atoms with van der Waals surface area (Å²) in [5.74, 6) is 0. The first-order chi connectivity index (χ1) is 14.2. The fourth-order valence-electron chi connectivity index (χ4n) is 3.00. The average molecular weight is 417 g/mol. The number of non-ortho nitro benzene ring substituents is 2. The molecule has 0 spiro atoms. The van der Waals surface area contributed by atoms with Crippen molar-refractivity contribution in [2.75, 3.05) is 6.61 Å². The third-order valence-electron chi connectivity index (χ3n) is 4.08. The van der Waals surface area contributed by atoms with E-state index in [1.807, 2.05) is 0 Å². The summed E-state index contributed by atoms with van der Waals surface area (Å²) in [5, 5.41) is 49.1. The molecule has 0 aliphatic heterocycles. The number of carbonyl (C=O) groups is 1. The molecule has 0 saturated carbocycles. The van der Waals surface area contributed by atoms with Gasteiger partial charge in [0.05, 0.1) is 43.0 Å². The number of rotatable bonds is 7. The Bertz CT molecular complexity index is 1110. The summed E-state index contributed by atoms with van der Waals surface area (Å²) in [7, 11) is 0. The third kappa shape index (κ3) is 3.15. The smallest absolute Gasteiger partial charge is 0.285 e. The molecule has 2 aromatic rings. The van der Waals surface area contributed by atoms with E-state index < -0.39 is 49.0 Å². The lowest BCUT2D eigenvalue weighted by Crippen LogP contribution is -2.04. The van der Waals surface area contributed by atoms with E-state index in [9.17, 15) is 45.3 Å². The van der Waals surface area contributed by atoms with E-state index >= 15 is 0 Å². The molecule has 1 aliphatic carbocycles. The van der Waals surface area contributed by atoms with Crippen molar-refractivity contribution in [3.63, 3.8) is 0 Å². The van der Waals surface area contributed by atoms with Gasteiger partial charge in [0.2, 0.25) is 0 Å². The second-order valence-electron chi connectivity index (χ2n) is 5.71. The van der Waals surface area contributed by atoms with Crippen molar-refractivity contribution in [1.29, 1.82) is 0 Å². The maximum absolute atomic E-state index is 11.6. The highest BCUT2D eigenvalue weighted by atomic mass is 16.6. The summed E-state index contributed by atoms with van der Waals surface area (Å²) < 4.78 is 0. The number of nitrogens with zero attached hydrogens (tertiary/aromatic N) is 5. The molecule has 0 N–H and O–H groups in total. The van der Waals surface area contributed by atoms with E-state index in [1.165, 1.54) is 0 Å². The van der Waals surface area contributed by atoms with Crippen molar-refractivity contribution in [1.82, 2.24) is 0 Å². The number of nitro benzene ring substituents is 4. The Morgan fingerprint density at radius 3 is 1.53 bits per heavy atom. The molecular weight excluding hydrogens is 410 g/mol. The summed E-state index contributed by atoms with van der Waals surface area (Å²) in [6.07, 6.45) is 0.312. The standard InChI is InChI=1S/C15H7N5O10/c21-1-2-30-16-15-9-3-7(17(22)23)5-11(19(26)27)13(9)14-10(15)4-8(18(24)25)6-12(14)20(28)29/h1,3-6H,2H2. The number of hydrogen-bond donors (Lipinski definition) is 0. The van der Waals surface area contributed by atoms with Crippen molar-refractivity contribution in [2.24, 2.45) is 5.16 Å². The normalized spacial score (nSPS) is 11.3. The van der Waals surface area contributed by atoms with Crippen LogP contribution in [-0.2, 0) is 9.63 Å². The maximum Gasteiger partial charge on any atom is 0.285 e. The lowest BCUT2D eigenvalue weighted by Gasteiger charge is -2.03. The van der Waals surface area contributed by atoms with Crippen LogP contribution in [0.3, 0.4) is 0 Å². The zero-order valence-electron chi connectivity index (χ0n) is 14.4. The number of nitro groups is 4. The van der Waals surface area contributed by atoms with Gasteiger partial charge in [-0.05, 0) is 0 Å². The fraction of sp³-hybridized carbons (Fsp3) is 0.0667. The topological polar surface area (TPSA) is 211 Å². The van der Waals surface area contributed by atoms with Gasteiger partial charge in [-0.2, -0.15) is 0 Å². The van der Waals surface area contributed by atoms with Gasteiger partial charge in [-0.3, -0.25) is 45.3 Å². The van der Waals surface area contributed by atoms with Crippen LogP contribution in [0.2, 0.25) is 0 Å². The molecule has 2 aromatic carbocycles. The Kier molecular flexibility index (Phi) is 4.85. The first kappa shape index (κ1) is 19.9. The van der Waals surface area contributed by atoms with Gasteiger partial charge < -0.3 is 4.84 Å². The highest BCUT2D eigenvalue weighted by molar-refractivity contribution is 6.27. The predicted octanol–water partition coefficient (Wildman–Crippen LogP) is 2.27. The Morgan fingerprint density at radius 1 is 0.767 bits per heavy atom. The minimum Gasteiger partial charge on any atom is -0.388 e. The van der Waals surface area contributed by atoms with E-state index in [1.54, 1.807) is 0 Å². The molecule has 3 rings (SSSR count). The molecule has 0 heterocycles. The van der Waals surface area contributed by atoms with Gasteiger partial charge >= 0.3 is 0 Å². The molecule has 0 aromatic heterocycles. The summed E-state index contributed by atoms with van der Waals surface area (Å²) in [6.45, 7) is -0.567. The highest BCUT2D eigenvalue weighted by Crippen LogP contribution is 2.50. The van der Waals surface area contributed by atoms with Gasteiger partial charge in [0.1, 0.15) is 5.71 Å². The SMILES string of the molecule is O=CCON=C1c2cc([N+](=O)[O-])cc([N+](=O)[O-])c2-c2c1cc([N+](=O)[O-])cc2[N+](=O)[O-]. The fourth-order valence-corrected chi connectivity index (χ4v) is 3.00. The van der Waals surface area contributed by atoms with Crippen molar-refractivity contribution < 1.29 is 29.3 Å². The largest absolute Gasteiger partial charge is 0.388 e. The molecule has 0 bridgehead atoms. The molecule has 0 fully saturated rings. The number of carbonyl (C=O) groups excluding carboxylic acids is 1. The molecule has 0 saturated heterocycles. The lowest BCUT2D eigenvalue weighted by atomic mass is 10.0. The zero-order chi connectivity index (χ0) is 22.2. The molecule has 0 unspecified atom stereocenters. The molecule has 0 amide bonds. The average Bonchev–Trinajstić information content (AvgIpc) is 3.00. The van der Waals surface area contributed by atoms with Crippen LogP contribution in [0, 0.1) is 40.5 Å². The summed E-state index contributed by atoms with van der Waals surface area (Å²) in [5.41, 5.74) is -4.77. The predicted molar refractivity (Wildman–Crippen MR) is 96.2 cm³/mol. The van der Waals surface area contributed by atoms with Gasteiger partial charge in [-0.1, -0.05) is 5.16 Å². The van der Waals surface area contributed by atoms with E-state index in [0.29, 0.717) is 18.4 Å². The van der Waals surface area contributed by atoms with Gasteiger partial charge in [0.25, 0.3) is 22.7 Å². The number of hydrogen-bond acceptors (Lipinski definition) is 11. The van der Waals surface area contributed by atoms with Gasteiger partial charge in [-0.15, -0.1) is 0 Å². The second kappa shape index (κ2) is 7.30. The highest BCUT2D eigenvalue weighted by Gasteiger charge is 2.41. The second-order valence-corrected chi connectivity index (χ2v) is 5.71. The van der Waals surface area contributed by atoms with Crippen LogP contribution in [0.4, 0.5) is 22.7 Å². The van der Waals surface area contributed by atoms with Crippen molar-refractivity contribution in [2.45, 2.75) is 0 Å². The summed E-state index contributed by atoms with van der Waals surface area (Å²) in [6, 6.07) is 2.98. The van der Waals surface area contributed by atoms with Gasteiger partial charge in [0, 0.05) is 23.3 Å². The zero-order valence-corrected chi connectivity index (χ0v) is 14.4. The van der Waals surface area contributed by atoms with Crippen molar-refractivity contribution >= 4 is 34.7 Å². The molecule has 1 aliphatic rings. The Hall–Kier alpha value is -4.82. The molecule has 0 atom stereocenters. The van der Waals surface area contributed by atoms with E-state index in [4.69, 9.17) is 4.84 Å². The Morgan fingerprint density at radius 2 is 1.20 bits per heavy atom. The van der Waals surface area contributed by atoms with Crippen LogP contribution in [0.1, 0.15) is 11.1 Å². The number of benzene rings is 2. The maximum atomic E-state index is 11.6. The van der Waals surface area contributed by atoms with Crippen LogP contribution >= 0.6 is 0 Å². The lowest BCUT2D eigenvalue weighted by molar-refractivity contribution is -0.395. The van der Waals surface area contributed by atoms with Crippen molar-refractivity contribution in [3.05, 3.63) is 75.8 Å². The molecule has 152 valence electrons. The molecule has 0 radical (unpaired) electrons. The molecule has 15 nitrogen and oxygen atoms in total. The van der Waals surface area contributed by atoms with Crippen LogP contribution in [0.25, 0.3) is 11.1 Å². The monoisotopic (exact) mass is 417 g/mol. The summed E-state index contributed by atoms with van der Waals surface area (Å²) in [4.78, 5) is 56.9. The van der Waals surface area contributed by atoms with Gasteiger partial charge in [-0.25, -0.2) is 0 Å². The van der Waals surface area contributed by atoms with E-state index in [-0.39, 0.29) is 28.0 Å². The minimum absolute atomic E-state index is 0.277. The molecule has 30 heavy (non-hydrogen) atoms. The number of aldehydes is 1. The van der Waals surface area contributed by atoms with Gasteiger partial charge in [0.15, 0.2) is 12.9 Å². The van der Waals surface area contributed by atoms with Crippen LogP contribution in [0.15, 0.2) is 29.4 Å². The summed E-state index contributed by atoms with van der Waals surface area (Å²) >= 11 is 0. The Balaban J connectivity index is 2.49.